The average molecular weight is 255 g/mol. The van der Waals surface area contributed by atoms with E-state index in [4.69, 9.17) is 10.5 Å². The predicted molar refractivity (Wildman–Crippen MR) is 52.9 cm³/mol. The molecular formula is C10H16F3NO3. The molecule has 0 saturated heterocycles. The first-order chi connectivity index (χ1) is 7.77. The van der Waals surface area contributed by atoms with Gasteiger partial charge in [0, 0.05) is 26.6 Å². The van der Waals surface area contributed by atoms with Gasteiger partial charge in [0.05, 0.1) is 0 Å². The monoisotopic (exact) mass is 255 g/mol. The number of esters is 1. The lowest BCUT2D eigenvalue weighted by molar-refractivity contribution is -0.217. The molecular weight excluding hydrogens is 239 g/mol. The third kappa shape index (κ3) is 4.16. The van der Waals surface area contributed by atoms with Crippen LogP contribution in [0.5, 0.6) is 0 Å². The SMILES string of the molecule is COCC1CCC(N)(OC(=O)C(F)(F)F)CC1. The molecule has 0 aliphatic heterocycles. The third-order valence-corrected chi connectivity index (χ3v) is 2.88. The summed E-state index contributed by atoms with van der Waals surface area (Å²) in [6, 6.07) is 0. The largest absolute Gasteiger partial charge is 0.490 e. The van der Waals surface area contributed by atoms with Crippen LogP contribution in [0.15, 0.2) is 0 Å². The van der Waals surface area contributed by atoms with Crippen LogP contribution in [0.3, 0.4) is 0 Å². The van der Waals surface area contributed by atoms with E-state index in [-0.39, 0.29) is 18.8 Å². The molecule has 4 nitrogen and oxygen atoms in total. The quantitative estimate of drug-likeness (QED) is 0.614. The zero-order valence-electron chi connectivity index (χ0n) is 9.55. The number of nitrogens with two attached hydrogens (primary N) is 1. The minimum absolute atomic E-state index is 0.225. The zero-order chi connectivity index (χ0) is 13.1. The van der Waals surface area contributed by atoms with E-state index in [1.165, 1.54) is 0 Å². The zero-order valence-corrected chi connectivity index (χ0v) is 9.55. The number of halogens is 3. The van der Waals surface area contributed by atoms with Crippen molar-refractivity contribution in [1.82, 2.24) is 0 Å². The number of rotatable bonds is 3. The van der Waals surface area contributed by atoms with Crippen molar-refractivity contribution in [3.63, 3.8) is 0 Å². The molecule has 1 saturated carbocycles. The van der Waals surface area contributed by atoms with E-state index in [0.29, 0.717) is 19.4 Å². The molecule has 100 valence electrons. The summed E-state index contributed by atoms with van der Waals surface area (Å²) in [5, 5.41) is 0. The van der Waals surface area contributed by atoms with Crippen molar-refractivity contribution in [2.45, 2.75) is 37.6 Å². The highest BCUT2D eigenvalue weighted by Gasteiger charge is 2.46. The lowest BCUT2D eigenvalue weighted by atomic mass is 9.84. The Hall–Kier alpha value is -0.820. The standard InChI is InChI=1S/C10H16F3NO3/c1-16-6-7-2-4-9(14,5-3-7)17-8(15)10(11,12)13/h7H,2-6,14H2,1H3. The van der Waals surface area contributed by atoms with Crippen LogP contribution in [0.1, 0.15) is 25.7 Å². The van der Waals surface area contributed by atoms with E-state index >= 15 is 0 Å². The first-order valence-electron chi connectivity index (χ1n) is 5.35. The number of carbonyl (C=O) groups is 1. The smallest absolute Gasteiger partial charge is 0.437 e. The Morgan fingerprint density at radius 3 is 2.35 bits per heavy atom. The van der Waals surface area contributed by atoms with Crippen LogP contribution in [0.25, 0.3) is 0 Å². The van der Waals surface area contributed by atoms with Crippen molar-refractivity contribution in [3.8, 4) is 0 Å². The third-order valence-electron chi connectivity index (χ3n) is 2.88. The Balaban J connectivity index is 2.47. The molecule has 0 aromatic heterocycles. The summed E-state index contributed by atoms with van der Waals surface area (Å²) in [4.78, 5) is 10.7. The van der Waals surface area contributed by atoms with E-state index in [9.17, 15) is 18.0 Å². The van der Waals surface area contributed by atoms with Gasteiger partial charge in [0.15, 0.2) is 5.72 Å². The second kappa shape index (κ2) is 5.22. The van der Waals surface area contributed by atoms with Gasteiger partial charge in [-0.05, 0) is 18.8 Å². The summed E-state index contributed by atoms with van der Waals surface area (Å²) < 4.78 is 45.4. The molecule has 1 aliphatic rings. The van der Waals surface area contributed by atoms with Crippen LogP contribution >= 0.6 is 0 Å². The Labute approximate surface area is 97.2 Å². The lowest BCUT2D eigenvalue weighted by Gasteiger charge is -2.36. The highest BCUT2D eigenvalue weighted by Crippen LogP contribution is 2.33. The second-order valence-electron chi connectivity index (χ2n) is 4.35. The molecule has 0 unspecified atom stereocenters. The molecule has 0 aromatic rings. The summed E-state index contributed by atoms with van der Waals surface area (Å²) in [6.07, 6.45) is -3.35. The highest BCUT2D eigenvalue weighted by atomic mass is 19.4. The minimum atomic E-state index is -4.99. The van der Waals surface area contributed by atoms with Crippen molar-refractivity contribution >= 4 is 5.97 Å². The fourth-order valence-electron chi connectivity index (χ4n) is 1.91. The molecule has 0 bridgehead atoms. The molecule has 0 heterocycles. The van der Waals surface area contributed by atoms with Gasteiger partial charge >= 0.3 is 12.1 Å². The predicted octanol–water partition coefficient (Wildman–Crippen LogP) is 1.58. The summed E-state index contributed by atoms with van der Waals surface area (Å²) in [5.41, 5.74) is 4.14. The molecule has 0 aromatic carbocycles. The molecule has 0 radical (unpaired) electrons. The number of carbonyl (C=O) groups excluding carboxylic acids is 1. The van der Waals surface area contributed by atoms with Gasteiger partial charge in [0.1, 0.15) is 0 Å². The number of hydrogen-bond donors (Lipinski definition) is 1. The molecule has 0 amide bonds. The van der Waals surface area contributed by atoms with Gasteiger partial charge in [-0.25, -0.2) is 4.79 Å². The van der Waals surface area contributed by atoms with Gasteiger partial charge in [0.25, 0.3) is 0 Å². The van der Waals surface area contributed by atoms with Gasteiger partial charge in [-0.3, -0.25) is 5.73 Å². The number of alkyl halides is 3. The van der Waals surface area contributed by atoms with E-state index in [1.54, 1.807) is 7.11 Å². The summed E-state index contributed by atoms with van der Waals surface area (Å²) >= 11 is 0. The molecule has 1 aliphatic carbocycles. The van der Waals surface area contributed by atoms with E-state index in [1.807, 2.05) is 0 Å². The Morgan fingerprint density at radius 1 is 1.41 bits per heavy atom. The van der Waals surface area contributed by atoms with Crippen LogP contribution in [-0.4, -0.2) is 31.6 Å². The Morgan fingerprint density at radius 2 is 1.94 bits per heavy atom. The van der Waals surface area contributed by atoms with Crippen molar-refractivity contribution in [2.75, 3.05) is 13.7 Å². The average Bonchev–Trinajstić information content (AvgIpc) is 2.20. The summed E-state index contributed by atoms with van der Waals surface area (Å²) in [6.45, 7) is 0.545. The van der Waals surface area contributed by atoms with E-state index in [2.05, 4.69) is 4.74 Å². The van der Waals surface area contributed by atoms with Crippen molar-refractivity contribution in [3.05, 3.63) is 0 Å². The first-order valence-corrected chi connectivity index (χ1v) is 5.35. The van der Waals surface area contributed by atoms with Crippen LogP contribution < -0.4 is 5.73 Å². The summed E-state index contributed by atoms with van der Waals surface area (Å²) in [7, 11) is 1.56. The maximum Gasteiger partial charge on any atom is 0.490 e. The molecule has 1 rings (SSSR count). The van der Waals surface area contributed by atoms with E-state index < -0.39 is 17.9 Å². The molecule has 0 spiro atoms. The second-order valence-corrected chi connectivity index (χ2v) is 4.35. The van der Waals surface area contributed by atoms with Crippen LogP contribution in [0.2, 0.25) is 0 Å². The highest BCUT2D eigenvalue weighted by molar-refractivity contribution is 5.76. The van der Waals surface area contributed by atoms with Gasteiger partial charge in [-0.2, -0.15) is 13.2 Å². The van der Waals surface area contributed by atoms with Crippen molar-refractivity contribution in [1.29, 1.82) is 0 Å². The Bertz CT molecular complexity index is 272. The molecule has 17 heavy (non-hydrogen) atoms. The molecule has 1 fully saturated rings. The maximum absolute atomic E-state index is 12.0. The van der Waals surface area contributed by atoms with Gasteiger partial charge in [0.2, 0.25) is 0 Å². The number of ether oxygens (including phenoxy) is 2. The van der Waals surface area contributed by atoms with Crippen LogP contribution in [0, 0.1) is 5.92 Å². The number of methoxy groups -OCH3 is 1. The summed E-state index contributed by atoms with van der Waals surface area (Å²) in [5.74, 6) is -1.95. The van der Waals surface area contributed by atoms with Crippen LogP contribution in [-0.2, 0) is 14.3 Å². The first kappa shape index (κ1) is 14.2. The lowest BCUT2D eigenvalue weighted by Crippen LogP contribution is -2.49. The van der Waals surface area contributed by atoms with Gasteiger partial charge < -0.3 is 9.47 Å². The van der Waals surface area contributed by atoms with E-state index in [0.717, 1.165) is 0 Å². The number of hydrogen-bond acceptors (Lipinski definition) is 4. The topological polar surface area (TPSA) is 61.6 Å². The Kier molecular flexibility index (Phi) is 4.37. The van der Waals surface area contributed by atoms with Gasteiger partial charge in [-0.1, -0.05) is 0 Å². The maximum atomic E-state index is 12.0. The molecule has 2 N–H and O–H groups in total. The van der Waals surface area contributed by atoms with Gasteiger partial charge in [-0.15, -0.1) is 0 Å². The van der Waals surface area contributed by atoms with Crippen molar-refractivity contribution < 1.29 is 27.4 Å². The van der Waals surface area contributed by atoms with Crippen LogP contribution in [0.4, 0.5) is 13.2 Å². The fourth-order valence-corrected chi connectivity index (χ4v) is 1.91. The van der Waals surface area contributed by atoms with Crippen molar-refractivity contribution in [2.24, 2.45) is 11.7 Å². The minimum Gasteiger partial charge on any atom is -0.437 e. The normalized spacial score (nSPS) is 30.1. The fraction of sp³-hybridized carbons (Fsp3) is 0.900. The molecule has 0 atom stereocenters. The molecule has 7 heteroatoms.